The predicted octanol–water partition coefficient (Wildman–Crippen LogP) is 8.32. The number of rotatable bonds is 12. The molecule has 0 unspecified atom stereocenters. The Kier molecular flexibility index (Phi) is 13.0. The van der Waals surface area contributed by atoms with E-state index in [-0.39, 0.29) is 34.1 Å². The number of halogens is 1. The monoisotopic (exact) mass is 700 g/mol. The van der Waals surface area contributed by atoms with Gasteiger partial charge in [0.2, 0.25) is 6.29 Å². The van der Waals surface area contributed by atoms with Crippen LogP contribution in [0, 0.1) is 5.82 Å². The quantitative estimate of drug-likeness (QED) is 0.132. The topological polar surface area (TPSA) is 92.7 Å². The highest BCUT2D eigenvalue weighted by molar-refractivity contribution is 6.75. The molecular formula is C34H61FO8Si3. The molecule has 1 N–H and O–H groups in total. The van der Waals surface area contributed by atoms with Gasteiger partial charge in [-0.25, -0.2) is 9.18 Å². The van der Waals surface area contributed by atoms with E-state index in [1.165, 1.54) is 18.2 Å². The standard InChI is InChI=1S/C34H61FO8Si3/c1-17-20-38-30(37)28-26(41-44(11,12)32(2,3)4)27(42-45(13,14)33(5,6)7)29(43-46(15,16)34(8,9)10)31(40-28)39-25-19-18-23(22-36)21-24(25)35/h17-19,21,26-29,31,36H,1,20,22H2,2-16H3/t26-,27+,28+,29-,31-/m1/s1. The van der Waals surface area contributed by atoms with Crippen molar-refractivity contribution in [2.45, 2.75) is 154 Å². The van der Waals surface area contributed by atoms with Gasteiger partial charge in [-0.05, 0) is 72.1 Å². The van der Waals surface area contributed by atoms with E-state index in [0.717, 1.165) is 0 Å². The summed E-state index contributed by atoms with van der Waals surface area (Å²) in [5, 5.41) is 8.94. The second-order valence-corrected chi connectivity index (χ2v) is 31.2. The predicted molar refractivity (Wildman–Crippen MR) is 189 cm³/mol. The van der Waals surface area contributed by atoms with E-state index in [9.17, 15) is 9.90 Å². The molecule has 5 atom stereocenters. The van der Waals surface area contributed by atoms with Crippen molar-refractivity contribution in [2.75, 3.05) is 6.61 Å². The maximum absolute atomic E-state index is 15.4. The Balaban J connectivity index is 2.90. The van der Waals surface area contributed by atoms with Crippen LogP contribution < -0.4 is 4.74 Å². The van der Waals surface area contributed by atoms with E-state index in [2.05, 4.69) is 108 Å². The fourth-order valence-corrected chi connectivity index (χ4v) is 7.99. The zero-order chi connectivity index (χ0) is 35.7. The van der Waals surface area contributed by atoms with Crippen molar-refractivity contribution in [3.8, 4) is 5.75 Å². The van der Waals surface area contributed by atoms with Crippen molar-refractivity contribution in [1.82, 2.24) is 0 Å². The van der Waals surface area contributed by atoms with Crippen molar-refractivity contribution in [3.05, 3.63) is 42.2 Å². The Morgan fingerprint density at radius 3 is 1.72 bits per heavy atom. The number of esters is 1. The smallest absolute Gasteiger partial charge is 0.338 e. The largest absolute Gasteiger partial charge is 0.459 e. The molecule has 0 saturated carbocycles. The Morgan fingerprint density at radius 1 is 0.848 bits per heavy atom. The molecule has 1 aromatic rings. The molecule has 1 aromatic carbocycles. The molecule has 1 aliphatic rings. The van der Waals surface area contributed by atoms with E-state index in [0.29, 0.717) is 5.56 Å². The lowest BCUT2D eigenvalue weighted by Gasteiger charge is -2.53. The second-order valence-electron chi connectivity index (χ2n) is 16.9. The molecule has 0 radical (unpaired) electrons. The number of aliphatic hydroxyl groups is 1. The van der Waals surface area contributed by atoms with Gasteiger partial charge in [-0.1, -0.05) is 81.0 Å². The molecule has 0 spiro atoms. The minimum Gasteiger partial charge on any atom is -0.459 e. The Bertz CT molecular complexity index is 1200. The van der Waals surface area contributed by atoms with Gasteiger partial charge in [0.05, 0.1) is 6.61 Å². The van der Waals surface area contributed by atoms with E-state index in [1.807, 2.05) is 0 Å². The molecule has 8 nitrogen and oxygen atoms in total. The Labute approximate surface area is 280 Å². The first-order valence-corrected chi connectivity index (χ1v) is 24.9. The molecule has 1 heterocycles. The molecule has 0 bridgehead atoms. The highest BCUT2D eigenvalue weighted by Gasteiger charge is 2.59. The van der Waals surface area contributed by atoms with Crippen LogP contribution >= 0.6 is 0 Å². The first kappa shape index (κ1) is 40.8. The van der Waals surface area contributed by atoms with Gasteiger partial charge in [0.25, 0.3) is 0 Å². The van der Waals surface area contributed by atoms with Gasteiger partial charge in [-0.2, -0.15) is 0 Å². The zero-order valence-electron chi connectivity index (χ0n) is 31.0. The number of hydrogen-bond acceptors (Lipinski definition) is 8. The van der Waals surface area contributed by atoms with Crippen LogP contribution in [0.15, 0.2) is 30.9 Å². The van der Waals surface area contributed by atoms with Crippen LogP contribution in [-0.2, 0) is 34.2 Å². The SMILES string of the molecule is C=CCOC(=O)[C@H]1O[C@@H](Oc2ccc(CO)cc2F)[C@H](O[Si](C)(C)C(C)(C)C)[C@@H](O[Si](C)(C)C(C)(C)C)[C@H]1O[Si](C)(C)C(C)(C)C. The first-order valence-electron chi connectivity index (χ1n) is 16.2. The van der Waals surface area contributed by atoms with Gasteiger partial charge >= 0.3 is 5.97 Å². The number of ether oxygens (including phenoxy) is 3. The zero-order valence-corrected chi connectivity index (χ0v) is 34.0. The summed E-state index contributed by atoms with van der Waals surface area (Å²) in [6.45, 7) is 35.3. The molecule has 264 valence electrons. The fraction of sp³-hybridized carbons (Fsp3) is 0.735. The maximum Gasteiger partial charge on any atom is 0.338 e. The summed E-state index contributed by atoms with van der Waals surface area (Å²) in [6.07, 6.45) is -3.62. The molecule has 1 saturated heterocycles. The average molecular weight is 701 g/mol. The number of carbonyl (C=O) groups excluding carboxylic acids is 1. The van der Waals surface area contributed by atoms with Crippen molar-refractivity contribution < 1.29 is 41.8 Å². The molecule has 2 rings (SSSR count). The third kappa shape index (κ3) is 9.61. The van der Waals surface area contributed by atoms with Gasteiger partial charge < -0.3 is 32.6 Å². The van der Waals surface area contributed by atoms with Gasteiger partial charge in [0.1, 0.15) is 24.9 Å². The second kappa shape index (κ2) is 14.6. The highest BCUT2D eigenvalue weighted by atomic mass is 28.4. The van der Waals surface area contributed by atoms with Crippen LogP contribution in [0.3, 0.4) is 0 Å². The normalized spacial score (nSPS) is 23.6. The summed E-state index contributed by atoms with van der Waals surface area (Å²) in [6, 6.07) is 4.24. The summed E-state index contributed by atoms with van der Waals surface area (Å²) in [5.74, 6) is -1.42. The Hall–Kier alpha value is -1.39. The van der Waals surface area contributed by atoms with E-state index >= 15 is 4.39 Å². The van der Waals surface area contributed by atoms with Gasteiger partial charge in [0.15, 0.2) is 42.6 Å². The highest BCUT2D eigenvalue weighted by Crippen LogP contribution is 2.46. The summed E-state index contributed by atoms with van der Waals surface area (Å²) < 4.78 is 55.2. The van der Waals surface area contributed by atoms with Crippen LogP contribution in [0.5, 0.6) is 5.75 Å². The summed E-state index contributed by atoms with van der Waals surface area (Å²) in [4.78, 5) is 13.8. The maximum atomic E-state index is 15.4. The minimum absolute atomic E-state index is 0.0219. The van der Waals surface area contributed by atoms with E-state index in [4.69, 9.17) is 27.5 Å². The van der Waals surface area contributed by atoms with Crippen molar-refractivity contribution in [2.24, 2.45) is 0 Å². The lowest BCUT2D eigenvalue weighted by Crippen LogP contribution is -2.69. The lowest BCUT2D eigenvalue weighted by atomic mass is 9.99. The molecule has 0 aromatic heterocycles. The van der Waals surface area contributed by atoms with Gasteiger partial charge in [-0.15, -0.1) is 0 Å². The average Bonchev–Trinajstić information content (AvgIpc) is 2.89. The van der Waals surface area contributed by atoms with Crippen LogP contribution in [0.4, 0.5) is 4.39 Å². The molecule has 0 aliphatic carbocycles. The summed E-state index contributed by atoms with van der Waals surface area (Å²) in [7, 11) is -7.68. The number of aliphatic hydroxyl groups excluding tert-OH is 1. The Morgan fingerprint density at radius 2 is 1.30 bits per heavy atom. The summed E-state index contributed by atoms with van der Waals surface area (Å²) >= 11 is 0. The van der Waals surface area contributed by atoms with Crippen LogP contribution in [-0.4, -0.2) is 73.3 Å². The van der Waals surface area contributed by atoms with E-state index in [1.54, 1.807) is 6.07 Å². The molecule has 46 heavy (non-hydrogen) atoms. The summed E-state index contributed by atoms with van der Waals surface area (Å²) in [5.41, 5.74) is 0.399. The first-order chi connectivity index (χ1) is 20.7. The van der Waals surface area contributed by atoms with E-state index < -0.39 is 67.4 Å². The van der Waals surface area contributed by atoms with Crippen LogP contribution in [0.25, 0.3) is 0 Å². The third-order valence-electron chi connectivity index (χ3n) is 10.2. The molecular weight excluding hydrogens is 640 g/mol. The molecule has 0 amide bonds. The number of benzene rings is 1. The van der Waals surface area contributed by atoms with Crippen molar-refractivity contribution in [3.63, 3.8) is 0 Å². The number of hydrogen-bond donors (Lipinski definition) is 1. The van der Waals surface area contributed by atoms with Crippen LogP contribution in [0.2, 0.25) is 54.4 Å². The third-order valence-corrected chi connectivity index (χ3v) is 23.6. The van der Waals surface area contributed by atoms with Gasteiger partial charge in [0, 0.05) is 0 Å². The number of carbonyl (C=O) groups is 1. The van der Waals surface area contributed by atoms with Gasteiger partial charge in [-0.3, -0.25) is 0 Å². The van der Waals surface area contributed by atoms with Crippen molar-refractivity contribution >= 4 is 30.9 Å². The molecule has 1 aliphatic heterocycles. The lowest BCUT2D eigenvalue weighted by molar-refractivity contribution is -0.263. The molecule has 1 fully saturated rings. The van der Waals surface area contributed by atoms with Crippen LogP contribution in [0.1, 0.15) is 67.9 Å². The fourth-order valence-electron chi connectivity index (χ4n) is 4.12. The molecule has 12 heteroatoms. The minimum atomic E-state index is -2.56. The van der Waals surface area contributed by atoms with Crippen molar-refractivity contribution in [1.29, 1.82) is 0 Å².